The first kappa shape index (κ1) is 28.4. The fourth-order valence-corrected chi connectivity index (χ4v) is 3.62. The SMILES string of the molecule is CCc1cc(C(=O)N[C@@H](COC)C(=O)N[C@@H](COC)C(=O)N[C@@H](CC(C)C)C(=O)C2(C)CC2)no1. The first-order chi connectivity index (χ1) is 16.5. The second kappa shape index (κ2) is 12.8. The van der Waals surface area contributed by atoms with Crippen LogP contribution in [0.4, 0.5) is 0 Å². The molecule has 1 aliphatic carbocycles. The summed E-state index contributed by atoms with van der Waals surface area (Å²) in [7, 11) is 2.79. The number of carbonyl (C=O) groups is 4. The maximum Gasteiger partial charge on any atom is 0.274 e. The summed E-state index contributed by atoms with van der Waals surface area (Å²) in [5.74, 6) is -1.06. The Kier molecular flexibility index (Phi) is 10.4. The molecule has 11 heteroatoms. The molecule has 0 aliphatic heterocycles. The van der Waals surface area contributed by atoms with E-state index >= 15 is 0 Å². The van der Waals surface area contributed by atoms with Crippen LogP contribution in [0.2, 0.25) is 0 Å². The fraction of sp³-hybridized carbons (Fsp3) is 0.708. The molecule has 0 radical (unpaired) electrons. The number of methoxy groups -OCH3 is 2. The molecule has 3 atom stereocenters. The second-order valence-electron chi connectivity index (χ2n) is 9.65. The maximum atomic E-state index is 13.1. The number of Topliss-reactive ketones (excluding diaryl/α,β-unsaturated/α-hetero) is 1. The molecule has 196 valence electrons. The van der Waals surface area contributed by atoms with Crippen LogP contribution in [0.15, 0.2) is 10.6 Å². The fourth-order valence-electron chi connectivity index (χ4n) is 3.62. The Morgan fingerprint density at radius 1 is 1.00 bits per heavy atom. The number of carbonyl (C=O) groups excluding carboxylic acids is 4. The van der Waals surface area contributed by atoms with Crippen molar-refractivity contribution < 1.29 is 33.2 Å². The molecule has 1 saturated carbocycles. The van der Waals surface area contributed by atoms with Crippen LogP contribution >= 0.6 is 0 Å². The monoisotopic (exact) mass is 494 g/mol. The first-order valence-electron chi connectivity index (χ1n) is 11.9. The number of nitrogens with one attached hydrogen (secondary N) is 3. The van der Waals surface area contributed by atoms with Crippen molar-refractivity contribution in [1.29, 1.82) is 0 Å². The summed E-state index contributed by atoms with van der Waals surface area (Å²) in [6, 6.07) is -1.33. The minimum absolute atomic E-state index is 0.00521. The van der Waals surface area contributed by atoms with Crippen molar-refractivity contribution in [2.75, 3.05) is 27.4 Å². The molecule has 1 aromatic heterocycles. The smallest absolute Gasteiger partial charge is 0.274 e. The van der Waals surface area contributed by atoms with Crippen LogP contribution in [0.1, 0.15) is 63.2 Å². The van der Waals surface area contributed by atoms with E-state index < -0.39 is 41.3 Å². The molecule has 1 heterocycles. The molecule has 0 bridgehead atoms. The number of rotatable bonds is 15. The molecular formula is C24H38N4O7. The van der Waals surface area contributed by atoms with Gasteiger partial charge in [-0.2, -0.15) is 0 Å². The average molecular weight is 495 g/mol. The van der Waals surface area contributed by atoms with Gasteiger partial charge in [-0.1, -0.05) is 32.9 Å². The van der Waals surface area contributed by atoms with Crippen molar-refractivity contribution in [3.05, 3.63) is 17.5 Å². The van der Waals surface area contributed by atoms with Gasteiger partial charge in [-0.15, -0.1) is 0 Å². The Morgan fingerprint density at radius 2 is 1.54 bits per heavy atom. The topological polar surface area (TPSA) is 149 Å². The van der Waals surface area contributed by atoms with E-state index in [1.807, 2.05) is 27.7 Å². The summed E-state index contributed by atoms with van der Waals surface area (Å²) in [6.45, 7) is 7.46. The van der Waals surface area contributed by atoms with Crippen molar-refractivity contribution in [2.45, 2.75) is 71.5 Å². The van der Waals surface area contributed by atoms with Crippen molar-refractivity contribution >= 4 is 23.5 Å². The summed E-state index contributed by atoms with van der Waals surface area (Å²) >= 11 is 0. The molecule has 2 rings (SSSR count). The molecule has 0 aromatic carbocycles. The molecule has 1 aliphatic rings. The highest BCUT2D eigenvalue weighted by Crippen LogP contribution is 2.47. The Labute approximate surface area is 206 Å². The van der Waals surface area contributed by atoms with E-state index in [0.29, 0.717) is 18.6 Å². The standard InChI is InChI=1S/C24H38N4O7/c1-7-15-11-17(28-35-15)21(30)26-19(13-34-6)23(32)27-18(12-33-5)22(31)25-16(10-14(2)3)20(29)24(4)8-9-24/h11,14,16,18-19H,7-10,12-13H2,1-6H3,(H,25,31)(H,26,30)(H,27,32)/t16-,18-,19-/m0/s1. The van der Waals surface area contributed by atoms with E-state index in [2.05, 4.69) is 21.1 Å². The third-order valence-corrected chi connectivity index (χ3v) is 6.00. The highest BCUT2D eigenvalue weighted by molar-refractivity contribution is 5.98. The molecule has 0 saturated heterocycles. The summed E-state index contributed by atoms with van der Waals surface area (Å²) in [5, 5.41) is 11.7. The van der Waals surface area contributed by atoms with E-state index in [1.165, 1.54) is 20.3 Å². The summed E-state index contributed by atoms with van der Waals surface area (Å²) in [5.41, 5.74) is -0.370. The van der Waals surface area contributed by atoms with Crippen LogP contribution in [-0.4, -0.2) is 74.2 Å². The predicted octanol–water partition coefficient (Wildman–Crippen LogP) is 1.01. The highest BCUT2D eigenvalue weighted by atomic mass is 16.5. The van der Waals surface area contributed by atoms with E-state index in [9.17, 15) is 19.2 Å². The van der Waals surface area contributed by atoms with Gasteiger partial charge in [0.25, 0.3) is 5.91 Å². The highest BCUT2D eigenvalue weighted by Gasteiger charge is 2.48. The van der Waals surface area contributed by atoms with Crippen LogP contribution < -0.4 is 16.0 Å². The van der Waals surface area contributed by atoms with Crippen LogP contribution in [0.25, 0.3) is 0 Å². The van der Waals surface area contributed by atoms with Gasteiger partial charge in [-0.3, -0.25) is 19.2 Å². The van der Waals surface area contributed by atoms with Gasteiger partial charge in [0.05, 0.1) is 19.3 Å². The van der Waals surface area contributed by atoms with E-state index in [0.717, 1.165) is 12.8 Å². The Bertz CT molecular complexity index is 894. The van der Waals surface area contributed by atoms with Gasteiger partial charge in [0.15, 0.2) is 11.5 Å². The molecule has 11 nitrogen and oxygen atoms in total. The quantitative estimate of drug-likeness (QED) is 0.327. The van der Waals surface area contributed by atoms with E-state index in [1.54, 1.807) is 0 Å². The molecule has 1 aromatic rings. The number of amides is 3. The van der Waals surface area contributed by atoms with Gasteiger partial charge in [-0.25, -0.2) is 0 Å². The normalized spacial score (nSPS) is 16.8. The average Bonchev–Trinajstić information content (AvgIpc) is 3.37. The van der Waals surface area contributed by atoms with Crippen LogP contribution in [-0.2, 0) is 30.3 Å². The van der Waals surface area contributed by atoms with Gasteiger partial charge >= 0.3 is 0 Å². The Balaban J connectivity index is 2.08. The number of nitrogens with zero attached hydrogens (tertiary/aromatic N) is 1. The summed E-state index contributed by atoms with van der Waals surface area (Å²) in [6.07, 6.45) is 2.67. The van der Waals surface area contributed by atoms with Crippen LogP contribution in [0, 0.1) is 11.3 Å². The van der Waals surface area contributed by atoms with E-state index in [4.69, 9.17) is 14.0 Å². The number of ketones is 1. The third-order valence-electron chi connectivity index (χ3n) is 6.00. The Morgan fingerprint density at radius 3 is 2.00 bits per heavy atom. The maximum absolute atomic E-state index is 13.1. The van der Waals surface area contributed by atoms with Crippen LogP contribution in [0.5, 0.6) is 0 Å². The largest absolute Gasteiger partial charge is 0.382 e. The molecule has 3 amide bonds. The summed E-state index contributed by atoms with van der Waals surface area (Å²) in [4.78, 5) is 51.5. The van der Waals surface area contributed by atoms with Crippen molar-refractivity contribution in [3.8, 4) is 0 Å². The second-order valence-corrected chi connectivity index (χ2v) is 9.65. The van der Waals surface area contributed by atoms with E-state index in [-0.39, 0.29) is 30.6 Å². The molecule has 0 unspecified atom stereocenters. The lowest BCUT2D eigenvalue weighted by Gasteiger charge is -2.26. The predicted molar refractivity (Wildman–Crippen MR) is 127 cm³/mol. The van der Waals surface area contributed by atoms with Gasteiger partial charge in [0.1, 0.15) is 17.8 Å². The van der Waals surface area contributed by atoms with Gasteiger partial charge in [0.2, 0.25) is 11.8 Å². The van der Waals surface area contributed by atoms with Crippen LogP contribution in [0.3, 0.4) is 0 Å². The lowest BCUT2D eigenvalue weighted by atomic mass is 9.91. The van der Waals surface area contributed by atoms with Gasteiger partial charge in [-0.05, 0) is 25.2 Å². The van der Waals surface area contributed by atoms with Crippen molar-refractivity contribution in [2.24, 2.45) is 11.3 Å². The molecule has 1 fully saturated rings. The molecular weight excluding hydrogens is 456 g/mol. The molecule has 35 heavy (non-hydrogen) atoms. The summed E-state index contributed by atoms with van der Waals surface area (Å²) < 4.78 is 15.2. The third kappa shape index (κ3) is 8.14. The number of ether oxygens (including phenoxy) is 2. The molecule has 0 spiro atoms. The number of hydrogen-bond donors (Lipinski definition) is 3. The van der Waals surface area contributed by atoms with Crippen molar-refractivity contribution in [3.63, 3.8) is 0 Å². The minimum atomic E-state index is -1.10. The number of hydrogen-bond acceptors (Lipinski definition) is 8. The lowest BCUT2D eigenvalue weighted by molar-refractivity contribution is -0.134. The number of aromatic nitrogens is 1. The zero-order chi connectivity index (χ0) is 26.2. The van der Waals surface area contributed by atoms with Crippen molar-refractivity contribution in [1.82, 2.24) is 21.1 Å². The van der Waals surface area contributed by atoms with Gasteiger partial charge in [0, 0.05) is 32.1 Å². The van der Waals surface area contributed by atoms with Gasteiger partial charge < -0.3 is 29.9 Å². The Hall–Kier alpha value is -2.79. The molecule has 3 N–H and O–H groups in total. The minimum Gasteiger partial charge on any atom is -0.382 e. The number of aryl methyl sites for hydroxylation is 1. The first-order valence-corrected chi connectivity index (χ1v) is 11.9. The zero-order valence-electron chi connectivity index (χ0n) is 21.4. The zero-order valence-corrected chi connectivity index (χ0v) is 21.4. The lowest BCUT2D eigenvalue weighted by Crippen LogP contribution is -2.58.